The van der Waals surface area contributed by atoms with Crippen molar-refractivity contribution in [2.45, 2.75) is 19.4 Å². The van der Waals surface area contributed by atoms with Crippen molar-refractivity contribution in [2.24, 2.45) is 5.92 Å². The van der Waals surface area contributed by atoms with Crippen LogP contribution in [-0.4, -0.2) is 75.4 Å². The number of nitrogens with one attached hydrogen (secondary N) is 1. The van der Waals surface area contributed by atoms with Gasteiger partial charge in [0.05, 0.1) is 6.61 Å². The molecule has 0 spiro atoms. The van der Waals surface area contributed by atoms with Crippen molar-refractivity contribution >= 4 is 0 Å². The summed E-state index contributed by atoms with van der Waals surface area (Å²) in [5, 5.41) is 3.45. The largest absolute Gasteiger partial charge is 0.381 e. The molecule has 0 aromatic carbocycles. The van der Waals surface area contributed by atoms with Gasteiger partial charge in [0.1, 0.15) is 0 Å². The molecule has 0 aromatic rings. The Morgan fingerprint density at radius 2 is 1.88 bits per heavy atom. The van der Waals surface area contributed by atoms with E-state index in [-0.39, 0.29) is 0 Å². The molecular weight excluding hydrogens is 214 g/mol. The van der Waals surface area contributed by atoms with E-state index in [0.717, 1.165) is 19.6 Å². The maximum atomic E-state index is 5.62. The standard InChI is InChI=1S/C13H27N3O/c1-3-15-5-7-16(8-6-15)10-12-11-17-9-4-13(12)14-2/h12-14H,3-11H2,1-2H3. The quantitative estimate of drug-likeness (QED) is 0.763. The lowest BCUT2D eigenvalue weighted by Gasteiger charge is -2.39. The van der Waals surface area contributed by atoms with Gasteiger partial charge in [-0.25, -0.2) is 0 Å². The van der Waals surface area contributed by atoms with Crippen LogP contribution in [0, 0.1) is 5.92 Å². The summed E-state index contributed by atoms with van der Waals surface area (Å²) < 4.78 is 5.62. The summed E-state index contributed by atoms with van der Waals surface area (Å²) in [4.78, 5) is 5.14. The number of nitrogens with zero attached hydrogens (tertiary/aromatic N) is 2. The fraction of sp³-hybridized carbons (Fsp3) is 1.00. The molecule has 1 N–H and O–H groups in total. The van der Waals surface area contributed by atoms with Gasteiger partial charge in [-0.3, -0.25) is 0 Å². The first-order valence-corrected chi connectivity index (χ1v) is 7.03. The van der Waals surface area contributed by atoms with Gasteiger partial charge in [-0.05, 0) is 20.0 Å². The molecule has 17 heavy (non-hydrogen) atoms. The molecule has 0 amide bonds. The lowest BCUT2D eigenvalue weighted by atomic mass is 9.95. The van der Waals surface area contributed by atoms with Crippen molar-refractivity contribution in [1.82, 2.24) is 15.1 Å². The molecule has 0 bridgehead atoms. The Bertz CT molecular complexity index is 217. The minimum Gasteiger partial charge on any atom is -0.381 e. The van der Waals surface area contributed by atoms with E-state index in [1.54, 1.807) is 0 Å². The molecule has 4 nitrogen and oxygen atoms in total. The number of hydrogen-bond donors (Lipinski definition) is 1. The van der Waals surface area contributed by atoms with E-state index in [2.05, 4.69) is 29.1 Å². The molecule has 2 heterocycles. The zero-order valence-electron chi connectivity index (χ0n) is 11.3. The molecule has 100 valence electrons. The van der Waals surface area contributed by atoms with Crippen LogP contribution in [0.3, 0.4) is 0 Å². The molecule has 2 aliphatic heterocycles. The predicted octanol–water partition coefficient (Wildman–Crippen LogP) is 0.248. The summed E-state index contributed by atoms with van der Waals surface area (Å²) in [7, 11) is 2.08. The minimum atomic E-state index is 0.646. The van der Waals surface area contributed by atoms with Crippen LogP contribution >= 0.6 is 0 Å². The highest BCUT2D eigenvalue weighted by atomic mass is 16.5. The van der Waals surface area contributed by atoms with E-state index < -0.39 is 0 Å². The van der Waals surface area contributed by atoms with Gasteiger partial charge in [0.25, 0.3) is 0 Å². The number of hydrogen-bond acceptors (Lipinski definition) is 4. The van der Waals surface area contributed by atoms with E-state index in [4.69, 9.17) is 4.74 Å². The van der Waals surface area contributed by atoms with Crippen LogP contribution in [0.25, 0.3) is 0 Å². The molecule has 0 aliphatic carbocycles. The van der Waals surface area contributed by atoms with Gasteiger partial charge in [0, 0.05) is 51.3 Å². The average Bonchev–Trinajstić information content (AvgIpc) is 2.40. The van der Waals surface area contributed by atoms with E-state index in [0.29, 0.717) is 12.0 Å². The molecule has 2 atom stereocenters. The molecule has 0 radical (unpaired) electrons. The summed E-state index contributed by atoms with van der Waals surface area (Å²) in [6.07, 6.45) is 1.16. The van der Waals surface area contributed by atoms with Crippen LogP contribution in [-0.2, 0) is 4.74 Å². The molecular formula is C13H27N3O. The fourth-order valence-electron chi connectivity index (χ4n) is 2.98. The maximum absolute atomic E-state index is 5.62. The third-order valence-corrected chi connectivity index (χ3v) is 4.25. The molecule has 2 aliphatic rings. The van der Waals surface area contributed by atoms with Crippen molar-refractivity contribution in [3.8, 4) is 0 Å². The first kappa shape index (κ1) is 13.3. The van der Waals surface area contributed by atoms with Crippen molar-refractivity contribution in [3.63, 3.8) is 0 Å². The normalized spacial score (nSPS) is 32.8. The van der Waals surface area contributed by atoms with Crippen molar-refractivity contribution in [3.05, 3.63) is 0 Å². The third kappa shape index (κ3) is 3.65. The first-order chi connectivity index (χ1) is 8.33. The van der Waals surface area contributed by atoms with Gasteiger partial charge in [-0.2, -0.15) is 0 Å². The number of likely N-dealkylation sites (N-methyl/N-ethyl adjacent to an activating group) is 1. The monoisotopic (exact) mass is 241 g/mol. The number of rotatable bonds is 4. The van der Waals surface area contributed by atoms with Crippen LogP contribution < -0.4 is 5.32 Å². The van der Waals surface area contributed by atoms with E-state index in [1.807, 2.05) is 0 Å². The number of ether oxygens (including phenoxy) is 1. The van der Waals surface area contributed by atoms with Gasteiger partial charge in [0.15, 0.2) is 0 Å². The first-order valence-electron chi connectivity index (χ1n) is 7.03. The van der Waals surface area contributed by atoms with Crippen LogP contribution in [0.1, 0.15) is 13.3 Å². The fourth-order valence-corrected chi connectivity index (χ4v) is 2.98. The molecule has 0 saturated carbocycles. The Labute approximate surface area is 105 Å². The van der Waals surface area contributed by atoms with Gasteiger partial charge in [-0.15, -0.1) is 0 Å². The lowest BCUT2D eigenvalue weighted by molar-refractivity contribution is 0.0108. The smallest absolute Gasteiger partial charge is 0.0521 e. The van der Waals surface area contributed by atoms with Crippen molar-refractivity contribution in [2.75, 3.05) is 59.5 Å². The lowest BCUT2D eigenvalue weighted by Crippen LogP contribution is -2.51. The molecule has 2 fully saturated rings. The Kier molecular flexibility index (Phi) is 5.22. The summed E-state index contributed by atoms with van der Waals surface area (Å²) in [6, 6.07) is 0.646. The van der Waals surface area contributed by atoms with E-state index in [1.165, 1.54) is 39.3 Å². The molecule has 2 saturated heterocycles. The van der Waals surface area contributed by atoms with Gasteiger partial charge in [-0.1, -0.05) is 6.92 Å². The highest BCUT2D eigenvalue weighted by Gasteiger charge is 2.27. The van der Waals surface area contributed by atoms with Crippen LogP contribution in [0.4, 0.5) is 0 Å². The van der Waals surface area contributed by atoms with E-state index in [9.17, 15) is 0 Å². The number of piperazine rings is 1. The third-order valence-electron chi connectivity index (χ3n) is 4.25. The van der Waals surface area contributed by atoms with Gasteiger partial charge in [0.2, 0.25) is 0 Å². The minimum absolute atomic E-state index is 0.646. The summed E-state index contributed by atoms with van der Waals surface area (Å²) in [5.41, 5.74) is 0. The molecule has 2 unspecified atom stereocenters. The Hall–Kier alpha value is -0.160. The Morgan fingerprint density at radius 1 is 1.18 bits per heavy atom. The van der Waals surface area contributed by atoms with Crippen LogP contribution in [0.5, 0.6) is 0 Å². The zero-order valence-corrected chi connectivity index (χ0v) is 11.3. The van der Waals surface area contributed by atoms with Crippen molar-refractivity contribution < 1.29 is 4.74 Å². The van der Waals surface area contributed by atoms with Gasteiger partial charge >= 0.3 is 0 Å². The average molecular weight is 241 g/mol. The van der Waals surface area contributed by atoms with Crippen LogP contribution in [0.2, 0.25) is 0 Å². The highest BCUT2D eigenvalue weighted by Crippen LogP contribution is 2.16. The second-order valence-corrected chi connectivity index (χ2v) is 5.25. The SMILES string of the molecule is CCN1CCN(CC2COCCC2NC)CC1. The topological polar surface area (TPSA) is 27.7 Å². The maximum Gasteiger partial charge on any atom is 0.0521 e. The highest BCUT2D eigenvalue weighted by molar-refractivity contribution is 4.82. The second kappa shape index (κ2) is 6.69. The second-order valence-electron chi connectivity index (χ2n) is 5.25. The molecule has 2 rings (SSSR count). The Morgan fingerprint density at radius 3 is 2.53 bits per heavy atom. The summed E-state index contributed by atoms with van der Waals surface area (Å²) >= 11 is 0. The molecule has 4 heteroatoms. The van der Waals surface area contributed by atoms with Gasteiger partial charge < -0.3 is 19.9 Å². The Balaban J connectivity index is 1.76. The zero-order chi connectivity index (χ0) is 12.1. The van der Waals surface area contributed by atoms with E-state index >= 15 is 0 Å². The summed E-state index contributed by atoms with van der Waals surface area (Å²) in [5.74, 6) is 0.668. The summed E-state index contributed by atoms with van der Waals surface area (Å²) in [6.45, 7) is 11.4. The molecule has 0 aromatic heterocycles. The van der Waals surface area contributed by atoms with Crippen molar-refractivity contribution in [1.29, 1.82) is 0 Å². The van der Waals surface area contributed by atoms with Crippen LogP contribution in [0.15, 0.2) is 0 Å². The predicted molar refractivity (Wildman–Crippen MR) is 70.3 cm³/mol.